The predicted molar refractivity (Wildman–Crippen MR) is 127 cm³/mol. The van der Waals surface area contributed by atoms with Crippen LogP contribution in [0, 0.1) is 17.6 Å². The van der Waals surface area contributed by atoms with Crippen molar-refractivity contribution in [1.82, 2.24) is 9.80 Å². The van der Waals surface area contributed by atoms with E-state index in [1.54, 1.807) is 11.8 Å². The lowest BCUT2D eigenvalue weighted by molar-refractivity contribution is -0.132. The second-order valence-corrected chi connectivity index (χ2v) is 10.9. The van der Waals surface area contributed by atoms with Crippen LogP contribution < -0.4 is 0 Å². The van der Waals surface area contributed by atoms with E-state index in [1.165, 1.54) is 36.1 Å². The van der Waals surface area contributed by atoms with Gasteiger partial charge in [-0.2, -0.15) is 0 Å². The van der Waals surface area contributed by atoms with Crippen LogP contribution in [0.15, 0.2) is 47.4 Å². The Labute approximate surface area is 208 Å². The second-order valence-electron chi connectivity index (χ2n) is 8.36. The van der Waals surface area contributed by atoms with Crippen LogP contribution in [0.3, 0.4) is 0 Å². The van der Waals surface area contributed by atoms with Gasteiger partial charge in [0, 0.05) is 49.1 Å². The van der Waals surface area contributed by atoms with E-state index in [1.807, 2.05) is 0 Å². The Kier molecular flexibility index (Phi) is 8.71. The Hall–Kier alpha value is -2.72. The van der Waals surface area contributed by atoms with Crippen LogP contribution in [-0.2, 0) is 19.4 Å². The van der Waals surface area contributed by atoms with Crippen molar-refractivity contribution in [2.75, 3.05) is 32.8 Å². The standard InChI is InChI=1S/C24H27ClF2N2O5S/c1-3-22(30)28-10-12-29(13-11-28)24(31)34-15-16(2)23(20-14-18(26)6-9-21(20)27)35(32,33)19-7-4-17(25)5-8-19/h4-9,14,16,23H,3,10-13,15H2,1-2H3. The summed E-state index contributed by atoms with van der Waals surface area (Å²) >= 11 is 5.87. The number of carbonyl (C=O) groups excluding carboxylic acids is 2. The van der Waals surface area contributed by atoms with E-state index >= 15 is 0 Å². The molecule has 2 amide bonds. The van der Waals surface area contributed by atoms with Gasteiger partial charge in [0.1, 0.15) is 11.6 Å². The topological polar surface area (TPSA) is 84.0 Å². The van der Waals surface area contributed by atoms with Gasteiger partial charge in [-0.3, -0.25) is 4.79 Å². The zero-order valence-electron chi connectivity index (χ0n) is 19.4. The fraction of sp³-hybridized carbons (Fsp3) is 0.417. The highest BCUT2D eigenvalue weighted by molar-refractivity contribution is 7.91. The first-order chi connectivity index (χ1) is 16.5. The normalized spacial score (nSPS) is 16.0. The van der Waals surface area contributed by atoms with Crippen LogP contribution in [-0.4, -0.2) is 63.0 Å². The van der Waals surface area contributed by atoms with Crippen molar-refractivity contribution in [2.24, 2.45) is 5.92 Å². The molecule has 0 radical (unpaired) electrons. The van der Waals surface area contributed by atoms with Gasteiger partial charge in [0.15, 0.2) is 9.84 Å². The van der Waals surface area contributed by atoms with Gasteiger partial charge in [-0.25, -0.2) is 22.0 Å². The summed E-state index contributed by atoms with van der Waals surface area (Å²) in [6, 6.07) is 7.97. The summed E-state index contributed by atoms with van der Waals surface area (Å²) in [7, 11) is -4.22. The molecule has 3 rings (SSSR count). The number of piperazine rings is 1. The third-order valence-corrected chi connectivity index (χ3v) is 8.49. The number of benzene rings is 2. The lowest BCUT2D eigenvalue weighted by atomic mass is 10.0. The molecule has 1 aliphatic rings. The summed E-state index contributed by atoms with van der Waals surface area (Å²) in [5.41, 5.74) is -0.352. The first-order valence-electron chi connectivity index (χ1n) is 11.2. The molecule has 2 aromatic rings. The third kappa shape index (κ3) is 6.29. The second kappa shape index (κ2) is 11.3. The van der Waals surface area contributed by atoms with Crippen molar-refractivity contribution >= 4 is 33.4 Å². The van der Waals surface area contributed by atoms with E-state index in [-0.39, 0.29) is 36.1 Å². The van der Waals surface area contributed by atoms with Crippen molar-refractivity contribution in [2.45, 2.75) is 30.4 Å². The zero-order chi connectivity index (χ0) is 25.8. The summed E-state index contributed by atoms with van der Waals surface area (Å²) in [4.78, 5) is 27.4. The van der Waals surface area contributed by atoms with Gasteiger partial charge >= 0.3 is 6.09 Å². The lowest BCUT2D eigenvalue weighted by Crippen LogP contribution is -2.50. The van der Waals surface area contributed by atoms with E-state index < -0.39 is 38.7 Å². The highest BCUT2D eigenvalue weighted by atomic mass is 35.5. The van der Waals surface area contributed by atoms with Gasteiger partial charge in [-0.15, -0.1) is 0 Å². The maximum absolute atomic E-state index is 14.7. The van der Waals surface area contributed by atoms with E-state index in [0.29, 0.717) is 24.5 Å². The minimum atomic E-state index is -4.22. The minimum Gasteiger partial charge on any atom is -0.449 e. The van der Waals surface area contributed by atoms with Gasteiger partial charge in [-0.05, 0) is 42.5 Å². The lowest BCUT2D eigenvalue weighted by Gasteiger charge is -2.34. The van der Waals surface area contributed by atoms with Gasteiger partial charge in [0.05, 0.1) is 16.8 Å². The van der Waals surface area contributed by atoms with E-state index in [2.05, 4.69) is 0 Å². The molecule has 0 aromatic heterocycles. The smallest absolute Gasteiger partial charge is 0.409 e. The molecule has 0 aliphatic carbocycles. The summed E-state index contributed by atoms with van der Waals surface area (Å²) in [6.07, 6.45) is -0.287. The van der Waals surface area contributed by atoms with Crippen molar-refractivity contribution in [3.05, 3.63) is 64.7 Å². The molecule has 0 bridgehead atoms. The number of sulfone groups is 1. The van der Waals surface area contributed by atoms with Crippen LogP contribution >= 0.6 is 11.6 Å². The summed E-state index contributed by atoms with van der Waals surface area (Å²) in [5.74, 6) is -2.59. The monoisotopic (exact) mass is 528 g/mol. The molecule has 1 fully saturated rings. The number of hydrogen-bond acceptors (Lipinski definition) is 5. The van der Waals surface area contributed by atoms with Crippen LogP contribution in [0.1, 0.15) is 31.1 Å². The highest BCUT2D eigenvalue weighted by Crippen LogP contribution is 2.37. The van der Waals surface area contributed by atoms with Gasteiger partial charge < -0.3 is 14.5 Å². The highest BCUT2D eigenvalue weighted by Gasteiger charge is 2.37. The van der Waals surface area contributed by atoms with Crippen molar-refractivity contribution < 1.29 is 31.5 Å². The Balaban J connectivity index is 1.79. The first-order valence-corrected chi connectivity index (χ1v) is 13.1. The summed E-state index contributed by atoms with van der Waals surface area (Å²) in [6.45, 7) is 4.22. The Bertz CT molecular complexity index is 1170. The van der Waals surface area contributed by atoms with Crippen molar-refractivity contribution in [3.63, 3.8) is 0 Å². The number of ether oxygens (including phenoxy) is 1. The summed E-state index contributed by atoms with van der Waals surface area (Å²) < 4.78 is 61.1. The van der Waals surface area contributed by atoms with Crippen LogP contribution in [0.5, 0.6) is 0 Å². The third-order valence-electron chi connectivity index (χ3n) is 5.92. The van der Waals surface area contributed by atoms with E-state index in [4.69, 9.17) is 16.3 Å². The number of carbonyl (C=O) groups is 2. The molecule has 0 spiro atoms. The Morgan fingerprint density at radius 3 is 2.23 bits per heavy atom. The SMILES string of the molecule is CCC(=O)N1CCN(C(=O)OCC(C)C(c2cc(F)ccc2F)S(=O)(=O)c2ccc(Cl)cc2)CC1. The molecule has 0 N–H and O–H groups in total. The quantitative estimate of drug-likeness (QED) is 0.530. The van der Waals surface area contributed by atoms with E-state index in [0.717, 1.165) is 18.2 Å². The molecule has 1 aliphatic heterocycles. The average Bonchev–Trinajstić information content (AvgIpc) is 2.84. The number of amides is 2. The molecule has 190 valence electrons. The molecule has 11 heteroatoms. The Morgan fingerprint density at radius 2 is 1.63 bits per heavy atom. The number of rotatable bonds is 7. The molecular weight excluding hydrogens is 502 g/mol. The van der Waals surface area contributed by atoms with E-state index in [9.17, 15) is 26.8 Å². The molecule has 7 nitrogen and oxygen atoms in total. The summed E-state index contributed by atoms with van der Waals surface area (Å²) in [5, 5.41) is -1.20. The number of halogens is 3. The van der Waals surface area contributed by atoms with Crippen LogP contribution in [0.4, 0.5) is 13.6 Å². The molecule has 1 heterocycles. The molecule has 0 saturated carbocycles. The van der Waals surface area contributed by atoms with Gasteiger partial charge in [0.25, 0.3) is 0 Å². The number of hydrogen-bond donors (Lipinski definition) is 0. The molecule has 2 unspecified atom stereocenters. The van der Waals surface area contributed by atoms with Crippen molar-refractivity contribution in [1.29, 1.82) is 0 Å². The molecule has 2 atom stereocenters. The van der Waals surface area contributed by atoms with Gasteiger partial charge in [-0.1, -0.05) is 25.4 Å². The fourth-order valence-electron chi connectivity index (χ4n) is 4.03. The number of nitrogens with zero attached hydrogens (tertiary/aromatic N) is 2. The average molecular weight is 529 g/mol. The first kappa shape index (κ1) is 26.9. The van der Waals surface area contributed by atoms with Crippen LogP contribution in [0.25, 0.3) is 0 Å². The fourth-order valence-corrected chi connectivity index (χ4v) is 6.17. The molecule has 2 aromatic carbocycles. The van der Waals surface area contributed by atoms with Crippen LogP contribution in [0.2, 0.25) is 5.02 Å². The minimum absolute atomic E-state index is 0.000919. The molecular formula is C24H27ClF2N2O5S. The van der Waals surface area contributed by atoms with Crippen molar-refractivity contribution in [3.8, 4) is 0 Å². The van der Waals surface area contributed by atoms with Gasteiger partial charge in [0.2, 0.25) is 5.91 Å². The Morgan fingerprint density at radius 1 is 1.03 bits per heavy atom. The molecule has 1 saturated heterocycles. The maximum Gasteiger partial charge on any atom is 0.409 e. The largest absolute Gasteiger partial charge is 0.449 e. The molecule has 35 heavy (non-hydrogen) atoms. The predicted octanol–water partition coefficient (Wildman–Crippen LogP) is 4.46. The zero-order valence-corrected chi connectivity index (χ0v) is 21.0. The maximum atomic E-state index is 14.7.